The molecule has 4 rings (SSSR count). The molecule has 2 aromatic carbocycles. The molecular formula is C22H25N3O2. The van der Waals surface area contributed by atoms with Gasteiger partial charge in [-0.15, -0.1) is 0 Å². The van der Waals surface area contributed by atoms with Crippen LogP contribution in [0.1, 0.15) is 35.9 Å². The summed E-state index contributed by atoms with van der Waals surface area (Å²) in [5, 5.41) is 4.31. The summed E-state index contributed by atoms with van der Waals surface area (Å²) >= 11 is 0. The van der Waals surface area contributed by atoms with Crippen LogP contribution in [0.5, 0.6) is 0 Å². The number of ether oxygens (including phenoxy) is 1. The molecule has 3 aromatic rings. The number of carbonyl (C=O) groups excluding carboxylic acids is 1. The van der Waals surface area contributed by atoms with E-state index < -0.39 is 0 Å². The standard InChI is InChI=1S/C22H25N3O2/c1-15-21-18(17-10-6-7-11-19(17)24-21)12-13-25(15)22(26)23-14-20(27-2)16-8-4-3-5-9-16/h3-11,15,20,24H,12-14H2,1-2H3,(H,23,26)/t15-,20-/m1/s1. The van der Waals surface area contributed by atoms with Crippen molar-refractivity contribution in [2.75, 3.05) is 20.2 Å². The van der Waals surface area contributed by atoms with E-state index in [1.54, 1.807) is 7.11 Å². The lowest BCUT2D eigenvalue weighted by Crippen LogP contribution is -2.45. The predicted octanol–water partition coefficient (Wildman–Crippen LogP) is 4.18. The Morgan fingerprint density at radius 1 is 1.22 bits per heavy atom. The Labute approximate surface area is 159 Å². The van der Waals surface area contributed by atoms with Crippen LogP contribution in [-0.2, 0) is 11.2 Å². The molecule has 0 bridgehead atoms. The number of nitrogens with one attached hydrogen (secondary N) is 2. The lowest BCUT2D eigenvalue weighted by Gasteiger charge is -2.34. The molecular weight excluding hydrogens is 338 g/mol. The summed E-state index contributed by atoms with van der Waals surface area (Å²) in [6.45, 7) is 3.24. The zero-order chi connectivity index (χ0) is 18.8. The molecule has 1 aliphatic heterocycles. The summed E-state index contributed by atoms with van der Waals surface area (Å²) in [7, 11) is 1.67. The molecule has 1 aliphatic rings. The Morgan fingerprint density at radius 2 is 1.96 bits per heavy atom. The molecule has 0 saturated heterocycles. The van der Waals surface area contributed by atoms with Crippen LogP contribution in [0.25, 0.3) is 10.9 Å². The third kappa shape index (κ3) is 3.30. The van der Waals surface area contributed by atoms with Gasteiger partial charge in [-0.1, -0.05) is 48.5 Å². The summed E-state index contributed by atoms with van der Waals surface area (Å²) in [5.41, 5.74) is 4.68. The van der Waals surface area contributed by atoms with E-state index in [0.717, 1.165) is 23.2 Å². The van der Waals surface area contributed by atoms with E-state index in [-0.39, 0.29) is 18.2 Å². The third-order valence-corrected chi connectivity index (χ3v) is 5.49. The minimum Gasteiger partial charge on any atom is -0.375 e. The molecule has 1 aromatic heterocycles. The quantitative estimate of drug-likeness (QED) is 0.730. The first-order valence-corrected chi connectivity index (χ1v) is 9.40. The summed E-state index contributed by atoms with van der Waals surface area (Å²) in [4.78, 5) is 18.2. The number of hydrogen-bond acceptors (Lipinski definition) is 2. The summed E-state index contributed by atoms with van der Waals surface area (Å²) in [6, 6.07) is 18.3. The second-order valence-electron chi connectivity index (χ2n) is 7.00. The molecule has 0 saturated carbocycles. The van der Waals surface area contributed by atoms with E-state index in [2.05, 4.69) is 35.4 Å². The van der Waals surface area contributed by atoms with Crippen molar-refractivity contribution in [3.8, 4) is 0 Å². The van der Waals surface area contributed by atoms with Crippen molar-refractivity contribution in [1.82, 2.24) is 15.2 Å². The van der Waals surface area contributed by atoms with Crippen LogP contribution >= 0.6 is 0 Å². The maximum absolute atomic E-state index is 12.8. The van der Waals surface area contributed by atoms with Gasteiger partial charge in [-0.3, -0.25) is 0 Å². The lowest BCUT2D eigenvalue weighted by molar-refractivity contribution is 0.0996. The first-order chi connectivity index (χ1) is 13.2. The highest BCUT2D eigenvalue weighted by molar-refractivity contribution is 5.86. The molecule has 0 aliphatic carbocycles. The first-order valence-electron chi connectivity index (χ1n) is 9.40. The highest BCUT2D eigenvalue weighted by atomic mass is 16.5. The number of nitrogens with zero attached hydrogens (tertiary/aromatic N) is 1. The normalized spacial score (nSPS) is 17.6. The van der Waals surface area contributed by atoms with Gasteiger partial charge in [0.25, 0.3) is 0 Å². The van der Waals surface area contributed by atoms with Gasteiger partial charge in [-0.2, -0.15) is 0 Å². The van der Waals surface area contributed by atoms with Gasteiger partial charge in [-0.25, -0.2) is 4.79 Å². The molecule has 2 N–H and O–H groups in total. The van der Waals surface area contributed by atoms with Gasteiger partial charge in [0.05, 0.1) is 12.1 Å². The molecule has 27 heavy (non-hydrogen) atoms. The van der Waals surface area contributed by atoms with E-state index in [4.69, 9.17) is 4.74 Å². The van der Waals surface area contributed by atoms with Crippen molar-refractivity contribution in [2.45, 2.75) is 25.5 Å². The number of rotatable bonds is 4. The van der Waals surface area contributed by atoms with Gasteiger partial charge in [0.15, 0.2) is 0 Å². The second kappa shape index (κ2) is 7.45. The lowest BCUT2D eigenvalue weighted by atomic mass is 9.98. The van der Waals surface area contributed by atoms with Gasteiger partial charge in [0.1, 0.15) is 0 Å². The zero-order valence-electron chi connectivity index (χ0n) is 15.7. The molecule has 0 spiro atoms. The number of aromatic nitrogens is 1. The Bertz CT molecular complexity index is 935. The zero-order valence-corrected chi connectivity index (χ0v) is 15.7. The number of benzene rings is 2. The van der Waals surface area contributed by atoms with Gasteiger partial charge < -0.3 is 19.9 Å². The largest absolute Gasteiger partial charge is 0.375 e. The van der Waals surface area contributed by atoms with Gasteiger partial charge in [-0.05, 0) is 30.5 Å². The van der Waals surface area contributed by atoms with E-state index in [0.29, 0.717) is 13.1 Å². The number of methoxy groups -OCH3 is 1. The fourth-order valence-electron chi connectivity index (χ4n) is 3.99. The number of amides is 2. The Balaban J connectivity index is 1.46. The number of urea groups is 1. The number of fused-ring (bicyclic) bond motifs is 3. The monoisotopic (exact) mass is 363 g/mol. The maximum atomic E-state index is 12.8. The number of aromatic amines is 1. The van der Waals surface area contributed by atoms with Crippen molar-refractivity contribution >= 4 is 16.9 Å². The van der Waals surface area contributed by atoms with E-state index in [1.807, 2.05) is 41.3 Å². The van der Waals surface area contributed by atoms with Crippen LogP contribution in [0.4, 0.5) is 4.79 Å². The molecule has 2 heterocycles. The van der Waals surface area contributed by atoms with Crippen molar-refractivity contribution in [3.05, 3.63) is 71.4 Å². The summed E-state index contributed by atoms with van der Waals surface area (Å²) in [5.74, 6) is 0. The second-order valence-corrected chi connectivity index (χ2v) is 7.00. The van der Waals surface area contributed by atoms with Crippen molar-refractivity contribution in [3.63, 3.8) is 0 Å². The molecule has 5 nitrogen and oxygen atoms in total. The molecule has 140 valence electrons. The average molecular weight is 363 g/mol. The summed E-state index contributed by atoms with van der Waals surface area (Å²) in [6.07, 6.45) is 0.711. The smallest absolute Gasteiger partial charge is 0.318 e. The van der Waals surface area contributed by atoms with E-state index in [1.165, 1.54) is 10.9 Å². The van der Waals surface area contributed by atoms with Gasteiger partial charge >= 0.3 is 6.03 Å². The topological polar surface area (TPSA) is 57.4 Å². The summed E-state index contributed by atoms with van der Waals surface area (Å²) < 4.78 is 5.56. The SMILES string of the molecule is CO[C@H](CNC(=O)N1CCc2c([nH]c3ccccc23)[C@H]1C)c1ccccc1. The van der Waals surface area contributed by atoms with Crippen LogP contribution in [0.15, 0.2) is 54.6 Å². The molecule has 0 unspecified atom stereocenters. The van der Waals surface area contributed by atoms with Crippen molar-refractivity contribution < 1.29 is 9.53 Å². The van der Waals surface area contributed by atoms with Gasteiger partial charge in [0.2, 0.25) is 0 Å². The molecule has 0 radical (unpaired) electrons. The van der Waals surface area contributed by atoms with Crippen LogP contribution in [0.3, 0.4) is 0 Å². The number of H-pyrrole nitrogens is 1. The number of para-hydroxylation sites is 1. The van der Waals surface area contributed by atoms with Crippen molar-refractivity contribution in [1.29, 1.82) is 0 Å². The van der Waals surface area contributed by atoms with Crippen LogP contribution in [0.2, 0.25) is 0 Å². The fraction of sp³-hybridized carbons (Fsp3) is 0.318. The predicted molar refractivity (Wildman–Crippen MR) is 107 cm³/mol. The number of hydrogen-bond donors (Lipinski definition) is 2. The van der Waals surface area contributed by atoms with E-state index in [9.17, 15) is 4.79 Å². The third-order valence-electron chi connectivity index (χ3n) is 5.49. The average Bonchev–Trinajstić information content (AvgIpc) is 3.09. The Hall–Kier alpha value is -2.79. The molecule has 5 heteroatoms. The van der Waals surface area contributed by atoms with Crippen LogP contribution in [0, 0.1) is 0 Å². The molecule has 2 atom stereocenters. The van der Waals surface area contributed by atoms with Crippen molar-refractivity contribution in [2.24, 2.45) is 0 Å². The number of carbonyl (C=O) groups is 1. The molecule has 2 amide bonds. The minimum absolute atomic E-state index is 0.0128. The van der Waals surface area contributed by atoms with E-state index >= 15 is 0 Å². The van der Waals surface area contributed by atoms with Crippen LogP contribution in [-0.4, -0.2) is 36.1 Å². The molecule has 0 fully saturated rings. The Kier molecular flexibility index (Phi) is 4.86. The Morgan fingerprint density at radius 3 is 2.74 bits per heavy atom. The fourth-order valence-corrected chi connectivity index (χ4v) is 3.99. The first kappa shape index (κ1) is 17.6. The van der Waals surface area contributed by atoms with Gasteiger partial charge in [0, 0.05) is 36.8 Å². The highest BCUT2D eigenvalue weighted by Crippen LogP contribution is 2.34. The highest BCUT2D eigenvalue weighted by Gasteiger charge is 2.30. The minimum atomic E-state index is -0.154. The maximum Gasteiger partial charge on any atom is 0.318 e. The van der Waals surface area contributed by atoms with Crippen LogP contribution < -0.4 is 5.32 Å².